The van der Waals surface area contributed by atoms with E-state index in [0.717, 1.165) is 19.6 Å². The van der Waals surface area contributed by atoms with Crippen LogP contribution in [-0.2, 0) is 0 Å². The summed E-state index contributed by atoms with van der Waals surface area (Å²) in [5, 5.41) is 3.61. The molecule has 1 fully saturated rings. The molecule has 0 amide bonds. The minimum atomic E-state index is 0.448. The first-order valence-corrected chi connectivity index (χ1v) is 6.75. The lowest BCUT2D eigenvalue weighted by Crippen LogP contribution is -2.31. The van der Waals surface area contributed by atoms with Crippen molar-refractivity contribution in [3.8, 4) is 0 Å². The largest absolute Gasteiger partial charge is 0.330 e. The van der Waals surface area contributed by atoms with E-state index in [1.54, 1.807) is 0 Å². The van der Waals surface area contributed by atoms with Crippen molar-refractivity contribution in [2.45, 2.75) is 32.1 Å². The summed E-state index contributed by atoms with van der Waals surface area (Å²) < 4.78 is 0. The van der Waals surface area contributed by atoms with Crippen LogP contribution in [0.25, 0.3) is 0 Å². The average Bonchev–Trinajstić information content (AvgIpc) is 3.16. The molecular weight excluding hydrogens is 208 g/mol. The first kappa shape index (κ1) is 12.6. The lowest BCUT2D eigenvalue weighted by Gasteiger charge is -2.19. The third kappa shape index (κ3) is 3.30. The highest BCUT2D eigenvalue weighted by molar-refractivity contribution is 5.20. The molecule has 1 aromatic carbocycles. The normalized spacial score (nSPS) is 18.9. The van der Waals surface area contributed by atoms with Gasteiger partial charge in [-0.25, -0.2) is 0 Å². The van der Waals surface area contributed by atoms with E-state index < -0.39 is 0 Å². The van der Waals surface area contributed by atoms with Crippen LogP contribution in [0.3, 0.4) is 0 Å². The standard InChI is InChI=1S/C15H24N2/c1-2-15(8-9-15)12-17-11-14(10-16)13-6-4-3-5-7-13/h3-7,14,17H,2,8-12,16H2,1H3. The van der Waals surface area contributed by atoms with E-state index in [2.05, 4.69) is 42.6 Å². The molecule has 1 aliphatic rings. The predicted octanol–water partition coefficient (Wildman–Crippen LogP) is 2.51. The van der Waals surface area contributed by atoms with Crippen LogP contribution in [-0.4, -0.2) is 19.6 Å². The van der Waals surface area contributed by atoms with Crippen LogP contribution < -0.4 is 11.1 Å². The van der Waals surface area contributed by atoms with Gasteiger partial charge in [-0.1, -0.05) is 37.3 Å². The van der Waals surface area contributed by atoms with E-state index in [-0.39, 0.29) is 0 Å². The molecule has 1 atom stereocenters. The fourth-order valence-corrected chi connectivity index (χ4v) is 2.41. The van der Waals surface area contributed by atoms with E-state index in [4.69, 9.17) is 5.73 Å². The Hall–Kier alpha value is -0.860. The summed E-state index contributed by atoms with van der Waals surface area (Å²) in [6.45, 7) is 5.18. The second-order valence-electron chi connectivity index (χ2n) is 5.33. The fourth-order valence-electron chi connectivity index (χ4n) is 2.41. The predicted molar refractivity (Wildman–Crippen MR) is 73.1 cm³/mol. The molecule has 94 valence electrons. The zero-order valence-electron chi connectivity index (χ0n) is 10.8. The maximum absolute atomic E-state index is 5.86. The zero-order chi connectivity index (χ0) is 12.1. The van der Waals surface area contributed by atoms with Crippen LogP contribution in [0.15, 0.2) is 30.3 Å². The number of hydrogen-bond acceptors (Lipinski definition) is 2. The topological polar surface area (TPSA) is 38.0 Å². The van der Waals surface area contributed by atoms with Gasteiger partial charge in [-0.2, -0.15) is 0 Å². The molecule has 0 heterocycles. The Balaban J connectivity index is 1.80. The van der Waals surface area contributed by atoms with Gasteiger partial charge in [0.05, 0.1) is 0 Å². The molecule has 2 rings (SSSR count). The number of nitrogens with one attached hydrogen (secondary N) is 1. The Morgan fingerprint density at radius 1 is 1.29 bits per heavy atom. The van der Waals surface area contributed by atoms with Crippen LogP contribution in [0.2, 0.25) is 0 Å². The van der Waals surface area contributed by atoms with Crippen molar-refractivity contribution in [1.82, 2.24) is 5.32 Å². The Morgan fingerprint density at radius 2 is 2.00 bits per heavy atom. The third-order valence-corrected chi connectivity index (χ3v) is 4.15. The summed E-state index contributed by atoms with van der Waals surface area (Å²) in [5.41, 5.74) is 7.83. The van der Waals surface area contributed by atoms with E-state index in [1.807, 2.05) is 0 Å². The van der Waals surface area contributed by atoms with Crippen molar-refractivity contribution in [3.05, 3.63) is 35.9 Å². The van der Waals surface area contributed by atoms with Crippen molar-refractivity contribution in [1.29, 1.82) is 0 Å². The maximum atomic E-state index is 5.86. The maximum Gasteiger partial charge on any atom is 0.00863 e. The highest BCUT2D eigenvalue weighted by atomic mass is 14.9. The van der Waals surface area contributed by atoms with E-state index in [1.165, 1.54) is 24.8 Å². The molecule has 0 bridgehead atoms. The Kier molecular flexibility index (Phi) is 4.19. The van der Waals surface area contributed by atoms with Gasteiger partial charge in [0.15, 0.2) is 0 Å². The molecule has 2 heteroatoms. The second-order valence-corrected chi connectivity index (χ2v) is 5.33. The summed E-state index contributed by atoms with van der Waals surface area (Å²) in [5.74, 6) is 0.448. The van der Waals surface area contributed by atoms with Crippen LogP contribution in [0.5, 0.6) is 0 Å². The van der Waals surface area contributed by atoms with Gasteiger partial charge in [0.25, 0.3) is 0 Å². The van der Waals surface area contributed by atoms with Gasteiger partial charge in [0.2, 0.25) is 0 Å². The van der Waals surface area contributed by atoms with Crippen LogP contribution in [0.4, 0.5) is 0 Å². The van der Waals surface area contributed by atoms with Gasteiger partial charge in [0.1, 0.15) is 0 Å². The SMILES string of the molecule is CCC1(CNCC(CN)c2ccccc2)CC1. The molecule has 3 N–H and O–H groups in total. The van der Waals surface area contributed by atoms with Crippen LogP contribution in [0.1, 0.15) is 37.7 Å². The van der Waals surface area contributed by atoms with E-state index >= 15 is 0 Å². The summed E-state index contributed by atoms with van der Waals surface area (Å²) >= 11 is 0. The molecule has 1 aliphatic carbocycles. The first-order valence-electron chi connectivity index (χ1n) is 6.75. The van der Waals surface area contributed by atoms with Crippen molar-refractivity contribution < 1.29 is 0 Å². The van der Waals surface area contributed by atoms with Crippen molar-refractivity contribution >= 4 is 0 Å². The number of benzene rings is 1. The minimum Gasteiger partial charge on any atom is -0.330 e. The lowest BCUT2D eigenvalue weighted by atomic mass is 9.98. The van der Waals surface area contributed by atoms with Gasteiger partial charge in [-0.05, 0) is 30.2 Å². The molecule has 0 saturated heterocycles. The van der Waals surface area contributed by atoms with Crippen LogP contribution in [0, 0.1) is 5.41 Å². The molecule has 0 aliphatic heterocycles. The van der Waals surface area contributed by atoms with E-state index in [0.29, 0.717) is 11.3 Å². The molecular formula is C15H24N2. The van der Waals surface area contributed by atoms with Gasteiger partial charge in [-0.3, -0.25) is 0 Å². The molecule has 1 aromatic rings. The average molecular weight is 232 g/mol. The zero-order valence-corrected chi connectivity index (χ0v) is 10.8. The summed E-state index contributed by atoms with van der Waals surface area (Å²) in [7, 11) is 0. The van der Waals surface area contributed by atoms with Gasteiger partial charge in [0, 0.05) is 25.6 Å². The molecule has 2 nitrogen and oxygen atoms in total. The van der Waals surface area contributed by atoms with Crippen molar-refractivity contribution in [2.75, 3.05) is 19.6 Å². The quantitative estimate of drug-likeness (QED) is 0.758. The number of nitrogens with two attached hydrogens (primary N) is 1. The highest BCUT2D eigenvalue weighted by Crippen LogP contribution is 2.47. The molecule has 0 spiro atoms. The Bertz CT molecular complexity index is 330. The smallest absolute Gasteiger partial charge is 0.00863 e. The summed E-state index contributed by atoms with van der Waals surface area (Å²) in [6, 6.07) is 10.6. The molecule has 0 aromatic heterocycles. The first-order chi connectivity index (χ1) is 8.29. The number of rotatable bonds is 7. The highest BCUT2D eigenvalue weighted by Gasteiger charge is 2.39. The van der Waals surface area contributed by atoms with Gasteiger partial charge < -0.3 is 11.1 Å². The van der Waals surface area contributed by atoms with Crippen LogP contribution >= 0.6 is 0 Å². The van der Waals surface area contributed by atoms with Crippen molar-refractivity contribution in [2.24, 2.45) is 11.1 Å². The second kappa shape index (κ2) is 5.65. The fraction of sp³-hybridized carbons (Fsp3) is 0.600. The third-order valence-electron chi connectivity index (χ3n) is 4.15. The summed E-state index contributed by atoms with van der Waals surface area (Å²) in [4.78, 5) is 0. The molecule has 17 heavy (non-hydrogen) atoms. The minimum absolute atomic E-state index is 0.448. The van der Waals surface area contributed by atoms with Gasteiger partial charge >= 0.3 is 0 Å². The molecule has 1 unspecified atom stereocenters. The molecule has 1 saturated carbocycles. The van der Waals surface area contributed by atoms with Crippen molar-refractivity contribution in [3.63, 3.8) is 0 Å². The Morgan fingerprint density at radius 3 is 2.53 bits per heavy atom. The van der Waals surface area contributed by atoms with Gasteiger partial charge in [-0.15, -0.1) is 0 Å². The monoisotopic (exact) mass is 232 g/mol. The lowest BCUT2D eigenvalue weighted by molar-refractivity contribution is 0.432. The Labute approximate surface area is 105 Å². The molecule has 0 radical (unpaired) electrons. The summed E-state index contributed by atoms with van der Waals surface area (Å²) in [6.07, 6.45) is 4.10. The number of hydrogen-bond donors (Lipinski definition) is 2. The van der Waals surface area contributed by atoms with E-state index in [9.17, 15) is 0 Å².